The number of hydrogen-bond acceptors (Lipinski definition) is 5. The van der Waals surface area contributed by atoms with Crippen LogP contribution in [0.15, 0.2) is 36.9 Å². The van der Waals surface area contributed by atoms with Crippen molar-refractivity contribution < 1.29 is 14.3 Å². The Bertz CT molecular complexity index is 853. The van der Waals surface area contributed by atoms with E-state index in [9.17, 15) is 4.79 Å². The van der Waals surface area contributed by atoms with Crippen LogP contribution >= 0.6 is 0 Å². The smallest absolute Gasteiger partial charge is 0.145 e. The van der Waals surface area contributed by atoms with Gasteiger partial charge in [0.1, 0.15) is 12.9 Å². The number of nitrogens with zero attached hydrogens (tertiary/aromatic N) is 2. The fourth-order valence-electron chi connectivity index (χ4n) is 4.85. The van der Waals surface area contributed by atoms with Crippen LogP contribution in [-0.4, -0.2) is 42.7 Å². The maximum Gasteiger partial charge on any atom is 0.145 e. The molecule has 0 spiro atoms. The summed E-state index contributed by atoms with van der Waals surface area (Å²) in [5.41, 5.74) is 8.03. The number of rotatable bonds is 14. The zero-order valence-electron chi connectivity index (χ0n) is 22.0. The summed E-state index contributed by atoms with van der Waals surface area (Å²) in [5, 5.41) is 0. The molecule has 212 valence electrons. The first kappa shape index (κ1) is 33.7. The first-order valence-corrected chi connectivity index (χ1v) is 14.0. The summed E-state index contributed by atoms with van der Waals surface area (Å²) >= 11 is 0. The fraction of sp³-hybridized carbons (Fsp3) is 0.606. The minimum absolute atomic E-state index is 0. The molecule has 4 rings (SSSR count). The van der Waals surface area contributed by atoms with Gasteiger partial charge in [0.25, 0.3) is 0 Å². The van der Waals surface area contributed by atoms with Gasteiger partial charge in [0, 0.05) is 36.0 Å². The second-order valence-corrected chi connectivity index (χ2v) is 9.75. The molecule has 2 aromatic rings. The number of carbonyl (C=O) groups is 1. The Morgan fingerprint density at radius 1 is 0.684 bits per heavy atom. The van der Waals surface area contributed by atoms with E-state index in [-0.39, 0.29) is 21.5 Å². The summed E-state index contributed by atoms with van der Waals surface area (Å²) in [6.45, 7) is 6.02. The predicted octanol–water partition coefficient (Wildman–Crippen LogP) is 7.26. The normalized spacial score (nSPS) is 13.5. The maximum atomic E-state index is 10.1. The van der Waals surface area contributed by atoms with Crippen molar-refractivity contribution in [2.75, 3.05) is 26.4 Å². The molecule has 0 saturated heterocycles. The molecular weight excluding hydrogens is 472 g/mol. The second kappa shape index (κ2) is 20.6. The van der Waals surface area contributed by atoms with Gasteiger partial charge in [-0.15, -0.1) is 6.58 Å². The number of aldehydes is 1. The van der Waals surface area contributed by atoms with Gasteiger partial charge in [-0.25, -0.2) is 0 Å². The number of fused-ring (bicyclic) bond motifs is 2. The van der Waals surface area contributed by atoms with Crippen molar-refractivity contribution in [3.63, 3.8) is 0 Å². The molecule has 0 bridgehead atoms. The number of carbonyl (C=O) groups excluding carboxylic acids is 1. The molecule has 2 aliphatic carbocycles. The molecule has 2 aromatic heterocycles. The minimum atomic E-state index is 0. The topological polar surface area (TPSA) is 61.3 Å². The van der Waals surface area contributed by atoms with E-state index in [1.165, 1.54) is 78.8 Å². The minimum Gasteiger partial charge on any atom is -0.377 e. The Hall–Kier alpha value is -2.37. The van der Waals surface area contributed by atoms with E-state index in [0.717, 1.165) is 57.8 Å². The summed E-state index contributed by atoms with van der Waals surface area (Å²) in [7, 11) is 0. The van der Waals surface area contributed by atoms with Crippen LogP contribution < -0.4 is 0 Å². The fourth-order valence-corrected chi connectivity index (χ4v) is 4.85. The van der Waals surface area contributed by atoms with Crippen molar-refractivity contribution in [3.05, 3.63) is 70.8 Å². The quantitative estimate of drug-likeness (QED) is 0.148. The van der Waals surface area contributed by atoms with Gasteiger partial charge in [-0.05, 0) is 113 Å². The second-order valence-electron chi connectivity index (χ2n) is 9.75. The molecule has 0 unspecified atom stereocenters. The van der Waals surface area contributed by atoms with Crippen LogP contribution in [0.25, 0.3) is 0 Å². The van der Waals surface area contributed by atoms with Gasteiger partial charge in [0.2, 0.25) is 0 Å². The third-order valence-electron chi connectivity index (χ3n) is 6.84. The van der Waals surface area contributed by atoms with E-state index < -0.39 is 0 Å². The van der Waals surface area contributed by atoms with Gasteiger partial charge in [0.15, 0.2) is 0 Å². The lowest BCUT2D eigenvalue weighted by atomic mass is 9.95. The number of ether oxygens (including phenoxy) is 2. The Morgan fingerprint density at radius 2 is 1.16 bits per heavy atom. The van der Waals surface area contributed by atoms with Crippen LogP contribution in [0.2, 0.25) is 0 Å². The van der Waals surface area contributed by atoms with Crippen molar-refractivity contribution in [3.8, 4) is 0 Å². The number of unbranched alkanes of at least 4 members (excludes halogenated alkanes) is 2. The molecule has 0 saturated carbocycles. The third-order valence-corrected chi connectivity index (χ3v) is 6.84. The highest BCUT2D eigenvalue weighted by Gasteiger charge is 2.11. The molecule has 0 aliphatic heterocycles. The van der Waals surface area contributed by atoms with Crippen LogP contribution in [0.4, 0.5) is 0 Å². The standard InChI is InChI=1S/C16H23NO.C15H21NO2.2CH4/c1-2-12-18-13-6-5-8-15-11-10-14-7-3-4-9-16(14)17-15;17-10-12-18-11-4-3-6-14-9-8-13-5-1-2-7-15(13)16-14;;/h2,10-11H,1,3-9,12-13H2;8-10H,1-7,11-12H2;2*1H4. The van der Waals surface area contributed by atoms with Crippen LogP contribution in [0.5, 0.6) is 0 Å². The molecule has 0 radical (unpaired) electrons. The molecule has 38 heavy (non-hydrogen) atoms. The van der Waals surface area contributed by atoms with Gasteiger partial charge >= 0.3 is 0 Å². The van der Waals surface area contributed by atoms with E-state index >= 15 is 0 Å². The summed E-state index contributed by atoms with van der Waals surface area (Å²) in [4.78, 5) is 19.6. The van der Waals surface area contributed by atoms with Crippen molar-refractivity contribution in [1.82, 2.24) is 9.97 Å². The average Bonchev–Trinajstić information content (AvgIpc) is 2.93. The monoisotopic (exact) mass is 524 g/mol. The first-order valence-electron chi connectivity index (χ1n) is 14.0. The van der Waals surface area contributed by atoms with E-state index in [0.29, 0.717) is 13.2 Å². The van der Waals surface area contributed by atoms with Gasteiger partial charge in [-0.2, -0.15) is 0 Å². The van der Waals surface area contributed by atoms with Gasteiger partial charge in [0.05, 0.1) is 6.61 Å². The lowest BCUT2D eigenvalue weighted by molar-refractivity contribution is -0.111. The zero-order chi connectivity index (χ0) is 25.3. The van der Waals surface area contributed by atoms with E-state index in [1.807, 2.05) is 0 Å². The molecule has 0 N–H and O–H groups in total. The van der Waals surface area contributed by atoms with Crippen LogP contribution in [-0.2, 0) is 52.8 Å². The Labute approximate surface area is 232 Å². The average molecular weight is 525 g/mol. The molecule has 5 nitrogen and oxygen atoms in total. The van der Waals surface area contributed by atoms with Gasteiger partial charge < -0.3 is 14.3 Å². The predicted molar refractivity (Wildman–Crippen MR) is 159 cm³/mol. The summed E-state index contributed by atoms with van der Waals surface area (Å²) in [6, 6.07) is 8.90. The van der Waals surface area contributed by atoms with E-state index in [4.69, 9.17) is 19.4 Å². The third kappa shape index (κ3) is 12.4. The molecule has 2 aliphatic rings. The van der Waals surface area contributed by atoms with Gasteiger partial charge in [-0.3, -0.25) is 9.97 Å². The molecule has 0 atom stereocenters. The molecule has 0 aromatic carbocycles. The number of pyridine rings is 2. The van der Waals surface area contributed by atoms with Crippen molar-refractivity contribution >= 4 is 6.29 Å². The highest BCUT2D eigenvalue weighted by Crippen LogP contribution is 2.21. The molecule has 0 fully saturated rings. The number of hydrogen-bond donors (Lipinski definition) is 0. The zero-order valence-corrected chi connectivity index (χ0v) is 22.0. The maximum absolute atomic E-state index is 10.1. The highest BCUT2D eigenvalue weighted by molar-refractivity contribution is 5.50. The summed E-state index contributed by atoms with van der Waals surface area (Å²) in [6.07, 6.45) is 19.0. The van der Waals surface area contributed by atoms with Crippen molar-refractivity contribution in [2.45, 2.75) is 105 Å². The SMILES string of the molecule is C.C.C=CCOCCCCc1ccc2c(n1)CCCC2.O=CCOCCCCc1ccc2c(n1)CCCC2. The molecule has 2 heterocycles. The Kier molecular flexibility index (Phi) is 18.2. The Morgan fingerprint density at radius 3 is 1.63 bits per heavy atom. The summed E-state index contributed by atoms with van der Waals surface area (Å²) in [5.74, 6) is 0. The van der Waals surface area contributed by atoms with E-state index in [2.05, 4.69) is 30.8 Å². The molecule has 0 amide bonds. The molecular formula is C33H52N2O3. The van der Waals surface area contributed by atoms with Crippen molar-refractivity contribution in [2.24, 2.45) is 0 Å². The summed E-state index contributed by atoms with van der Waals surface area (Å²) < 4.78 is 10.5. The number of aromatic nitrogens is 2. The van der Waals surface area contributed by atoms with Crippen LogP contribution in [0, 0.1) is 0 Å². The lowest BCUT2D eigenvalue weighted by Crippen LogP contribution is -2.07. The van der Waals surface area contributed by atoms with Crippen molar-refractivity contribution in [1.29, 1.82) is 0 Å². The van der Waals surface area contributed by atoms with Gasteiger partial charge in [-0.1, -0.05) is 33.1 Å². The van der Waals surface area contributed by atoms with Crippen LogP contribution in [0.1, 0.15) is 100 Å². The lowest BCUT2D eigenvalue weighted by Gasteiger charge is -2.15. The Balaban J connectivity index is 0.000000361. The largest absolute Gasteiger partial charge is 0.377 e. The number of aryl methyl sites for hydroxylation is 6. The first-order chi connectivity index (χ1) is 17.8. The molecule has 5 heteroatoms. The van der Waals surface area contributed by atoms with Crippen LogP contribution in [0.3, 0.4) is 0 Å². The van der Waals surface area contributed by atoms with E-state index in [1.54, 1.807) is 6.08 Å². The highest BCUT2D eigenvalue weighted by atomic mass is 16.5.